The van der Waals surface area contributed by atoms with Gasteiger partial charge in [0.25, 0.3) is 5.91 Å². The van der Waals surface area contributed by atoms with Crippen molar-refractivity contribution < 1.29 is 28.7 Å². The van der Waals surface area contributed by atoms with Crippen molar-refractivity contribution in [3.05, 3.63) is 59.7 Å². The Kier molecular flexibility index (Phi) is 10.4. The highest BCUT2D eigenvalue weighted by molar-refractivity contribution is 6.37. The fraction of sp³-hybridized carbons (Fsp3) is 0.483. The molecule has 1 aliphatic heterocycles. The molecule has 10 nitrogen and oxygen atoms in total. The quantitative estimate of drug-likeness (QED) is 0.329. The van der Waals surface area contributed by atoms with Crippen LogP contribution in [0.25, 0.3) is 0 Å². The lowest BCUT2D eigenvalue weighted by Crippen LogP contribution is -2.49. The van der Waals surface area contributed by atoms with Gasteiger partial charge in [-0.25, -0.2) is 9.97 Å². The van der Waals surface area contributed by atoms with E-state index in [1.165, 1.54) is 6.33 Å². The monoisotopic (exact) mass is 536 g/mol. The van der Waals surface area contributed by atoms with Crippen LogP contribution in [0.3, 0.4) is 0 Å². The van der Waals surface area contributed by atoms with Crippen LogP contribution < -0.4 is 10.6 Å². The van der Waals surface area contributed by atoms with E-state index in [4.69, 9.17) is 4.74 Å². The molecule has 0 radical (unpaired) electrons. The number of rotatable bonds is 11. The highest BCUT2D eigenvalue weighted by atomic mass is 16.5. The first-order valence-electron chi connectivity index (χ1n) is 13.2. The molecule has 2 aromatic rings. The van der Waals surface area contributed by atoms with E-state index in [1.807, 2.05) is 44.2 Å². The molecule has 39 heavy (non-hydrogen) atoms. The van der Waals surface area contributed by atoms with Crippen molar-refractivity contribution in [1.82, 2.24) is 20.6 Å². The second-order valence-corrected chi connectivity index (χ2v) is 10.6. The molecule has 208 valence electrons. The summed E-state index contributed by atoms with van der Waals surface area (Å²) in [5.41, 5.74) is 1.97. The first-order valence-corrected chi connectivity index (χ1v) is 13.2. The summed E-state index contributed by atoms with van der Waals surface area (Å²) in [5.74, 6) is -4.91. The van der Waals surface area contributed by atoms with Crippen molar-refractivity contribution in [3.8, 4) is 0 Å². The van der Waals surface area contributed by atoms with Crippen LogP contribution >= 0.6 is 0 Å². The minimum atomic E-state index is -0.926. The number of carbonyl (C=O) groups excluding carboxylic acids is 5. The Labute approximate surface area is 228 Å². The molecule has 10 heteroatoms. The number of hydrogen-bond donors (Lipinski definition) is 2. The third kappa shape index (κ3) is 8.53. The molecule has 0 aliphatic carbocycles. The van der Waals surface area contributed by atoms with E-state index in [0.717, 1.165) is 5.56 Å². The Morgan fingerprint density at radius 3 is 2.38 bits per heavy atom. The summed E-state index contributed by atoms with van der Waals surface area (Å²) in [6, 6.07) is 10.0. The van der Waals surface area contributed by atoms with E-state index >= 15 is 0 Å². The molecule has 2 heterocycles. The van der Waals surface area contributed by atoms with Gasteiger partial charge in [0.1, 0.15) is 12.9 Å². The molecule has 1 aliphatic rings. The summed E-state index contributed by atoms with van der Waals surface area (Å²) in [7, 11) is 0. The van der Waals surface area contributed by atoms with E-state index in [9.17, 15) is 24.0 Å². The number of benzene rings is 1. The van der Waals surface area contributed by atoms with Crippen LogP contribution in [0.1, 0.15) is 57.5 Å². The zero-order chi connectivity index (χ0) is 28.5. The van der Waals surface area contributed by atoms with Crippen molar-refractivity contribution >= 4 is 29.4 Å². The normalized spacial score (nSPS) is 16.9. The number of nitrogens with one attached hydrogen (secondary N) is 2. The maximum absolute atomic E-state index is 13.4. The lowest BCUT2D eigenvalue weighted by atomic mass is 9.86. The molecule has 0 fully saturated rings. The summed E-state index contributed by atoms with van der Waals surface area (Å²) in [6.45, 7) is 7.43. The molecule has 3 rings (SSSR count). The molecule has 0 saturated carbocycles. The maximum Gasteiger partial charge on any atom is 0.306 e. The number of Topliss-reactive ketones (excluding diaryl/α,β-unsaturated/α-hetero) is 2. The molecule has 2 amide bonds. The second kappa shape index (κ2) is 13.7. The molecule has 3 atom stereocenters. The third-order valence-electron chi connectivity index (χ3n) is 6.79. The van der Waals surface area contributed by atoms with Crippen molar-refractivity contribution in [2.45, 2.75) is 66.2 Å². The van der Waals surface area contributed by atoms with Crippen LogP contribution in [0.2, 0.25) is 0 Å². The average Bonchev–Trinajstić information content (AvgIpc) is 2.94. The van der Waals surface area contributed by atoms with Gasteiger partial charge in [-0.1, -0.05) is 58.0 Å². The largest absolute Gasteiger partial charge is 0.461 e. The van der Waals surface area contributed by atoms with Gasteiger partial charge < -0.3 is 15.4 Å². The van der Waals surface area contributed by atoms with Gasteiger partial charge in [-0.3, -0.25) is 24.0 Å². The Bertz CT molecular complexity index is 1200. The van der Waals surface area contributed by atoms with E-state index in [-0.39, 0.29) is 50.0 Å². The number of hydrogen-bond acceptors (Lipinski definition) is 8. The van der Waals surface area contributed by atoms with Crippen molar-refractivity contribution in [2.75, 3.05) is 0 Å². The lowest BCUT2D eigenvalue weighted by molar-refractivity contribution is -0.149. The molecule has 2 N–H and O–H groups in total. The summed E-state index contributed by atoms with van der Waals surface area (Å²) in [5, 5.41) is 5.34. The first kappa shape index (κ1) is 29.6. The highest BCUT2D eigenvalue weighted by Crippen LogP contribution is 2.21. The molecular weight excluding hydrogens is 500 g/mol. The second-order valence-electron chi connectivity index (χ2n) is 10.6. The van der Waals surface area contributed by atoms with Gasteiger partial charge in [0.2, 0.25) is 11.7 Å². The molecule has 3 unspecified atom stereocenters. The molecule has 0 saturated heterocycles. The summed E-state index contributed by atoms with van der Waals surface area (Å²) < 4.78 is 5.36. The molecular formula is C29H36N4O6. The summed E-state index contributed by atoms with van der Waals surface area (Å²) in [4.78, 5) is 72.7. The van der Waals surface area contributed by atoms with E-state index < -0.39 is 41.4 Å². The van der Waals surface area contributed by atoms with Crippen molar-refractivity contribution in [2.24, 2.45) is 23.7 Å². The minimum Gasteiger partial charge on any atom is -0.461 e. The Balaban J connectivity index is 1.67. The van der Waals surface area contributed by atoms with Crippen LogP contribution in [-0.2, 0) is 48.3 Å². The van der Waals surface area contributed by atoms with Gasteiger partial charge in [-0.05, 0) is 23.5 Å². The standard InChI is InChI=1S/C29H36N4O6/c1-17(2)23(13-25(35)39-15-19-8-6-5-7-9-19)28(37)33-26(18(3)4)24(34)11-20-10-21-12-22(32-16-31-21)14-30-29(38)27(20)36/h5-9,12,16-18,20,23,26H,10-11,13-15H2,1-4H3,(H,30,38)(H,33,37). The van der Waals surface area contributed by atoms with Gasteiger partial charge in [-0.15, -0.1) is 0 Å². The van der Waals surface area contributed by atoms with E-state index in [1.54, 1.807) is 19.9 Å². The number of ether oxygens (including phenoxy) is 1. The fourth-order valence-corrected chi connectivity index (χ4v) is 4.46. The predicted molar refractivity (Wildman–Crippen MR) is 142 cm³/mol. The SMILES string of the molecule is CC(C)C(CC(=O)OCc1ccccc1)C(=O)NC(C(=O)CC1Cc2cc(ncn2)CNC(=O)C1=O)C(C)C. The number of amides is 2. The molecule has 1 aromatic carbocycles. The topological polar surface area (TPSA) is 144 Å². The van der Waals surface area contributed by atoms with E-state index in [0.29, 0.717) is 11.4 Å². The predicted octanol–water partition coefficient (Wildman–Crippen LogP) is 2.34. The number of ketones is 2. The fourth-order valence-electron chi connectivity index (χ4n) is 4.46. The van der Waals surface area contributed by atoms with Crippen LogP contribution in [0, 0.1) is 23.7 Å². The minimum absolute atomic E-state index is 0.0931. The number of aromatic nitrogens is 2. The third-order valence-corrected chi connectivity index (χ3v) is 6.79. The van der Waals surface area contributed by atoms with Crippen LogP contribution in [0.15, 0.2) is 42.7 Å². The number of esters is 1. The molecule has 1 aromatic heterocycles. The van der Waals surface area contributed by atoms with Crippen LogP contribution in [-0.4, -0.2) is 45.4 Å². The summed E-state index contributed by atoms with van der Waals surface area (Å²) in [6.07, 6.45) is 1.10. The highest BCUT2D eigenvalue weighted by Gasteiger charge is 2.35. The van der Waals surface area contributed by atoms with Gasteiger partial charge in [-0.2, -0.15) is 0 Å². The van der Waals surface area contributed by atoms with Gasteiger partial charge in [0, 0.05) is 24.5 Å². The average molecular weight is 537 g/mol. The zero-order valence-electron chi connectivity index (χ0n) is 22.8. The van der Waals surface area contributed by atoms with Gasteiger partial charge >= 0.3 is 5.97 Å². The Hall–Kier alpha value is -3.95. The van der Waals surface area contributed by atoms with Gasteiger partial charge in [0.15, 0.2) is 5.78 Å². The van der Waals surface area contributed by atoms with Crippen molar-refractivity contribution in [1.29, 1.82) is 0 Å². The number of fused-ring (bicyclic) bond motifs is 2. The van der Waals surface area contributed by atoms with Gasteiger partial charge in [0.05, 0.1) is 30.6 Å². The van der Waals surface area contributed by atoms with E-state index in [2.05, 4.69) is 20.6 Å². The zero-order valence-corrected chi connectivity index (χ0v) is 22.8. The smallest absolute Gasteiger partial charge is 0.306 e. The Morgan fingerprint density at radius 2 is 1.72 bits per heavy atom. The van der Waals surface area contributed by atoms with Crippen LogP contribution in [0.4, 0.5) is 0 Å². The van der Waals surface area contributed by atoms with Crippen molar-refractivity contribution in [3.63, 3.8) is 0 Å². The summed E-state index contributed by atoms with van der Waals surface area (Å²) >= 11 is 0. The van der Waals surface area contributed by atoms with Crippen LogP contribution in [0.5, 0.6) is 0 Å². The number of nitrogens with zero attached hydrogens (tertiary/aromatic N) is 2. The Morgan fingerprint density at radius 1 is 1.03 bits per heavy atom. The molecule has 2 bridgehead atoms. The number of carbonyl (C=O) groups is 5. The molecule has 0 spiro atoms. The first-order chi connectivity index (χ1) is 18.5. The lowest BCUT2D eigenvalue weighted by Gasteiger charge is -2.27. The maximum atomic E-state index is 13.4.